The third-order valence-electron chi connectivity index (χ3n) is 4.19. The molecule has 0 unspecified atom stereocenters. The van der Waals surface area contributed by atoms with Gasteiger partial charge in [0.25, 0.3) is 0 Å². The fraction of sp³-hybridized carbons (Fsp3) is 0.238. The molecule has 0 amide bonds. The highest BCUT2D eigenvalue weighted by atomic mass is 19.1. The highest BCUT2D eigenvalue weighted by Crippen LogP contribution is 2.19. The molecule has 28 heavy (non-hydrogen) atoms. The lowest BCUT2D eigenvalue weighted by Crippen LogP contribution is -2.39. The summed E-state index contributed by atoms with van der Waals surface area (Å²) in [7, 11) is 3.59. The number of guanidine groups is 1. The molecule has 0 atom stereocenters. The summed E-state index contributed by atoms with van der Waals surface area (Å²) < 4.78 is 31.8. The Labute approximate surface area is 162 Å². The number of nitrogens with one attached hydrogen (secondary N) is 1. The second kappa shape index (κ2) is 9.12. The molecule has 1 N–H and O–H groups in total. The monoisotopic (exact) mass is 384 g/mol. The van der Waals surface area contributed by atoms with Crippen molar-refractivity contribution in [2.75, 3.05) is 20.6 Å². The Morgan fingerprint density at radius 1 is 1.14 bits per heavy atom. The van der Waals surface area contributed by atoms with Crippen molar-refractivity contribution in [3.63, 3.8) is 0 Å². The molecule has 7 heteroatoms. The molecule has 0 radical (unpaired) electrons. The number of aliphatic imine (C=N–C) groups is 1. The molecule has 0 saturated heterocycles. The molecule has 0 aliphatic heterocycles. The van der Waals surface area contributed by atoms with E-state index in [2.05, 4.69) is 15.3 Å². The highest BCUT2D eigenvalue weighted by molar-refractivity contribution is 5.79. The van der Waals surface area contributed by atoms with Crippen molar-refractivity contribution < 1.29 is 13.2 Å². The zero-order valence-electron chi connectivity index (χ0n) is 15.8. The van der Waals surface area contributed by atoms with Gasteiger partial charge in [-0.25, -0.2) is 13.8 Å². The summed E-state index contributed by atoms with van der Waals surface area (Å²) in [5.41, 5.74) is 2.38. The first-order valence-electron chi connectivity index (χ1n) is 8.91. The van der Waals surface area contributed by atoms with Crippen LogP contribution >= 0.6 is 0 Å². The van der Waals surface area contributed by atoms with Crippen molar-refractivity contribution in [3.8, 4) is 11.5 Å². The second-order valence-corrected chi connectivity index (χ2v) is 6.36. The van der Waals surface area contributed by atoms with Crippen LogP contribution in [0.25, 0.3) is 11.5 Å². The molecule has 2 aromatic carbocycles. The maximum absolute atomic E-state index is 13.3. The lowest BCUT2D eigenvalue weighted by Gasteiger charge is -2.22. The van der Waals surface area contributed by atoms with Crippen LogP contribution < -0.4 is 5.32 Å². The largest absolute Gasteiger partial charge is 0.444 e. The molecule has 0 fully saturated rings. The van der Waals surface area contributed by atoms with Gasteiger partial charge in [-0.1, -0.05) is 12.1 Å². The van der Waals surface area contributed by atoms with Crippen molar-refractivity contribution in [2.24, 2.45) is 4.99 Å². The Balaban J connectivity index is 1.52. The van der Waals surface area contributed by atoms with Crippen LogP contribution in [0.15, 0.2) is 64.2 Å². The molecular weight excluding hydrogens is 362 g/mol. The van der Waals surface area contributed by atoms with E-state index in [1.165, 1.54) is 24.3 Å². The fourth-order valence-corrected chi connectivity index (χ4v) is 2.82. The maximum Gasteiger partial charge on any atom is 0.226 e. The Morgan fingerprint density at radius 3 is 2.64 bits per heavy atom. The van der Waals surface area contributed by atoms with Gasteiger partial charge in [-0.15, -0.1) is 0 Å². The molecule has 0 aliphatic rings. The molecular formula is C21H22F2N4O. The van der Waals surface area contributed by atoms with E-state index in [9.17, 15) is 8.78 Å². The molecule has 0 spiro atoms. The van der Waals surface area contributed by atoms with Gasteiger partial charge in [0, 0.05) is 39.2 Å². The lowest BCUT2D eigenvalue weighted by molar-refractivity contribution is 0.475. The van der Waals surface area contributed by atoms with Gasteiger partial charge >= 0.3 is 0 Å². The first kappa shape index (κ1) is 19.5. The summed E-state index contributed by atoms with van der Waals surface area (Å²) in [6.07, 6.45) is 2.23. The number of halogens is 2. The summed E-state index contributed by atoms with van der Waals surface area (Å²) in [6, 6.07) is 12.5. The number of oxazole rings is 1. The Hall–Kier alpha value is -3.22. The molecule has 3 rings (SSSR count). The zero-order chi connectivity index (χ0) is 19.9. The van der Waals surface area contributed by atoms with Gasteiger partial charge in [-0.2, -0.15) is 0 Å². The second-order valence-electron chi connectivity index (χ2n) is 6.36. The normalized spacial score (nSPS) is 11.5. The Morgan fingerprint density at radius 2 is 1.93 bits per heavy atom. The van der Waals surface area contributed by atoms with Crippen LogP contribution in [0.1, 0.15) is 11.3 Å². The summed E-state index contributed by atoms with van der Waals surface area (Å²) in [5, 5.41) is 3.26. The van der Waals surface area contributed by atoms with Crippen LogP contribution in [0.4, 0.5) is 8.78 Å². The van der Waals surface area contributed by atoms with Gasteiger partial charge in [-0.3, -0.25) is 4.99 Å². The van der Waals surface area contributed by atoms with Crippen LogP contribution in [0.2, 0.25) is 0 Å². The van der Waals surface area contributed by atoms with Gasteiger partial charge in [-0.05, 0) is 42.0 Å². The molecule has 0 saturated carbocycles. The van der Waals surface area contributed by atoms with E-state index in [1.54, 1.807) is 31.5 Å². The number of benzene rings is 2. The minimum absolute atomic E-state index is 0.253. The number of nitrogens with zero attached hydrogens (tertiary/aromatic N) is 3. The quantitative estimate of drug-likeness (QED) is 0.518. The van der Waals surface area contributed by atoms with Crippen molar-refractivity contribution in [3.05, 3.63) is 77.7 Å². The third-order valence-corrected chi connectivity index (χ3v) is 4.19. The van der Waals surface area contributed by atoms with Gasteiger partial charge in [0.2, 0.25) is 5.89 Å². The van der Waals surface area contributed by atoms with Gasteiger partial charge in [0.05, 0.1) is 5.69 Å². The summed E-state index contributed by atoms with van der Waals surface area (Å²) >= 11 is 0. The summed E-state index contributed by atoms with van der Waals surface area (Å²) in [6.45, 7) is 1.14. The number of aromatic nitrogens is 1. The molecule has 0 bridgehead atoms. The topological polar surface area (TPSA) is 53.7 Å². The third kappa shape index (κ3) is 5.16. The lowest BCUT2D eigenvalue weighted by atomic mass is 10.2. The first-order valence-corrected chi connectivity index (χ1v) is 8.91. The zero-order valence-corrected chi connectivity index (χ0v) is 15.8. The van der Waals surface area contributed by atoms with E-state index in [1.807, 2.05) is 18.0 Å². The summed E-state index contributed by atoms with van der Waals surface area (Å²) in [5.74, 6) is 0.611. The van der Waals surface area contributed by atoms with E-state index in [4.69, 9.17) is 4.42 Å². The van der Waals surface area contributed by atoms with Crippen LogP contribution in [0.3, 0.4) is 0 Å². The van der Waals surface area contributed by atoms with E-state index in [0.717, 1.165) is 16.8 Å². The fourth-order valence-electron chi connectivity index (χ4n) is 2.82. The van der Waals surface area contributed by atoms with Crippen LogP contribution in [0.5, 0.6) is 0 Å². The first-order chi connectivity index (χ1) is 13.5. The van der Waals surface area contributed by atoms with Crippen molar-refractivity contribution >= 4 is 5.96 Å². The molecule has 0 aliphatic carbocycles. The van der Waals surface area contributed by atoms with Gasteiger partial charge in [0.1, 0.15) is 17.9 Å². The predicted octanol–water partition coefficient (Wildman–Crippen LogP) is 3.87. The summed E-state index contributed by atoms with van der Waals surface area (Å²) in [4.78, 5) is 10.6. The minimum atomic E-state index is -0.298. The molecule has 146 valence electrons. The van der Waals surface area contributed by atoms with E-state index in [-0.39, 0.29) is 11.6 Å². The van der Waals surface area contributed by atoms with Crippen LogP contribution in [0, 0.1) is 11.6 Å². The average molecular weight is 384 g/mol. The number of hydrogen-bond donors (Lipinski definition) is 1. The van der Waals surface area contributed by atoms with E-state index in [0.29, 0.717) is 31.4 Å². The van der Waals surface area contributed by atoms with Gasteiger partial charge in [0.15, 0.2) is 5.96 Å². The van der Waals surface area contributed by atoms with Crippen LogP contribution in [-0.4, -0.2) is 36.5 Å². The Bertz CT molecular complexity index is 938. The standard InChI is InChI=1S/C21H22F2N4O/c1-24-21(27(2)13-15-4-3-5-18(23)12-15)25-11-10-19-14-28-20(26-19)16-6-8-17(22)9-7-16/h3-9,12,14H,10-11,13H2,1-2H3,(H,24,25). The van der Waals surface area contributed by atoms with Crippen LogP contribution in [-0.2, 0) is 13.0 Å². The molecule has 3 aromatic rings. The average Bonchev–Trinajstić information content (AvgIpc) is 3.14. The Kier molecular flexibility index (Phi) is 6.37. The van der Waals surface area contributed by atoms with Crippen molar-refractivity contribution in [1.82, 2.24) is 15.2 Å². The van der Waals surface area contributed by atoms with E-state index >= 15 is 0 Å². The smallest absolute Gasteiger partial charge is 0.226 e. The number of hydrogen-bond acceptors (Lipinski definition) is 3. The SMILES string of the molecule is CN=C(NCCc1coc(-c2ccc(F)cc2)n1)N(C)Cc1cccc(F)c1. The highest BCUT2D eigenvalue weighted by Gasteiger charge is 2.09. The van der Waals surface area contributed by atoms with Crippen molar-refractivity contribution in [1.29, 1.82) is 0 Å². The molecule has 1 aromatic heterocycles. The number of rotatable bonds is 6. The predicted molar refractivity (Wildman–Crippen MR) is 105 cm³/mol. The molecule has 5 nitrogen and oxygen atoms in total. The minimum Gasteiger partial charge on any atom is -0.444 e. The molecule has 1 heterocycles. The van der Waals surface area contributed by atoms with E-state index < -0.39 is 0 Å². The van der Waals surface area contributed by atoms with Crippen molar-refractivity contribution in [2.45, 2.75) is 13.0 Å². The maximum atomic E-state index is 13.3. The van der Waals surface area contributed by atoms with Gasteiger partial charge < -0.3 is 14.6 Å².